The number of alkyl halides is 3. The number of carbonyl (C=O) groups is 2. The minimum atomic E-state index is -4.73. The number of ketones is 1. The van der Waals surface area contributed by atoms with E-state index in [0.717, 1.165) is 6.07 Å². The topological polar surface area (TPSA) is 105 Å². The number of likely N-dealkylation sites (N-methyl/N-ethyl adjacent to an activating group) is 1. The monoisotopic (exact) mass is 496 g/mol. The number of carbonyl (C=O) groups excluding carboxylic acids is 2. The average molecular weight is 496 g/mol. The Balaban J connectivity index is 1.76. The first kappa shape index (κ1) is 23.6. The number of non-ortho nitro benzene ring substituents is 1. The van der Waals surface area contributed by atoms with E-state index < -0.39 is 45.7 Å². The quantitative estimate of drug-likeness (QED) is 0.327. The Morgan fingerprint density at radius 1 is 1.17 bits per heavy atom. The van der Waals surface area contributed by atoms with Gasteiger partial charge < -0.3 is 5.32 Å². The minimum Gasteiger partial charge on any atom is -0.323 e. The number of rotatable bonds is 4. The lowest BCUT2D eigenvalue weighted by Crippen LogP contribution is -2.51. The van der Waals surface area contributed by atoms with Crippen LogP contribution in [0.3, 0.4) is 0 Å². The highest BCUT2D eigenvalue weighted by molar-refractivity contribution is 6.12. The molecule has 11 heteroatoms. The van der Waals surface area contributed by atoms with E-state index >= 15 is 0 Å². The fraction of sp³-hybridized carbons (Fsp3) is 0.240. The number of aromatic nitrogens is 1. The van der Waals surface area contributed by atoms with E-state index in [2.05, 4.69) is 10.3 Å². The Bertz CT molecular complexity index is 1400. The van der Waals surface area contributed by atoms with Crippen LogP contribution >= 0.6 is 0 Å². The zero-order valence-corrected chi connectivity index (χ0v) is 18.8. The molecular weight excluding hydrogens is 477 g/mol. The smallest absolute Gasteiger partial charge is 0.323 e. The van der Waals surface area contributed by atoms with E-state index in [1.807, 2.05) is 0 Å². The van der Waals surface area contributed by atoms with E-state index in [-0.39, 0.29) is 29.0 Å². The van der Waals surface area contributed by atoms with Crippen LogP contribution in [0.25, 0.3) is 0 Å². The number of para-hydroxylation sites is 1. The third-order valence-corrected chi connectivity index (χ3v) is 7.05. The first-order chi connectivity index (χ1) is 17.1. The molecule has 2 aliphatic heterocycles. The number of nitro benzene ring substituents is 1. The summed E-state index contributed by atoms with van der Waals surface area (Å²) in [6.45, 7) is 0.103. The largest absolute Gasteiger partial charge is 0.418 e. The van der Waals surface area contributed by atoms with Gasteiger partial charge in [-0.05, 0) is 30.8 Å². The zero-order valence-electron chi connectivity index (χ0n) is 18.8. The summed E-state index contributed by atoms with van der Waals surface area (Å²) in [6.07, 6.45) is -1.91. The van der Waals surface area contributed by atoms with Gasteiger partial charge in [0.25, 0.3) is 5.69 Å². The fourth-order valence-corrected chi connectivity index (χ4v) is 5.57. The van der Waals surface area contributed by atoms with Crippen LogP contribution < -0.4 is 5.32 Å². The second-order valence-corrected chi connectivity index (χ2v) is 8.86. The van der Waals surface area contributed by atoms with Gasteiger partial charge in [-0.25, -0.2) is 0 Å². The van der Waals surface area contributed by atoms with Gasteiger partial charge >= 0.3 is 6.18 Å². The molecule has 3 aromatic rings. The SMILES string of the molecule is CN1C[C@H](c2cccc([N+](=O)[O-])c2)C(C(=O)c2ccncc2)[C@]12C(=O)Nc1c(C(F)(F)F)cccc12. The van der Waals surface area contributed by atoms with Crippen molar-refractivity contribution in [2.45, 2.75) is 17.6 Å². The molecule has 0 bridgehead atoms. The van der Waals surface area contributed by atoms with E-state index in [1.54, 1.807) is 18.0 Å². The molecule has 36 heavy (non-hydrogen) atoms. The van der Waals surface area contributed by atoms with Gasteiger partial charge in [0.1, 0.15) is 5.54 Å². The number of nitrogens with zero attached hydrogens (tertiary/aromatic N) is 3. The van der Waals surface area contributed by atoms with Gasteiger partial charge in [-0.15, -0.1) is 0 Å². The molecule has 184 valence electrons. The highest BCUT2D eigenvalue weighted by Crippen LogP contribution is 2.57. The van der Waals surface area contributed by atoms with Crippen LogP contribution in [-0.2, 0) is 16.5 Å². The maximum Gasteiger partial charge on any atom is 0.418 e. The van der Waals surface area contributed by atoms with Gasteiger partial charge in [0, 0.05) is 48.1 Å². The maximum absolute atomic E-state index is 14.0. The Morgan fingerprint density at radius 3 is 2.53 bits per heavy atom. The molecule has 8 nitrogen and oxygen atoms in total. The number of benzene rings is 2. The number of fused-ring (bicyclic) bond motifs is 2. The molecule has 2 aliphatic rings. The molecule has 1 amide bonds. The molecule has 5 rings (SSSR count). The predicted octanol–water partition coefficient (Wildman–Crippen LogP) is 4.38. The lowest BCUT2D eigenvalue weighted by atomic mass is 9.70. The van der Waals surface area contributed by atoms with Crippen LogP contribution in [0.4, 0.5) is 24.5 Å². The summed E-state index contributed by atoms with van der Waals surface area (Å²) in [7, 11) is 1.57. The van der Waals surface area contributed by atoms with Crippen LogP contribution in [0.5, 0.6) is 0 Å². The molecule has 0 radical (unpaired) electrons. The molecule has 1 spiro atoms. The minimum absolute atomic E-state index is 0.0464. The standard InChI is InChI=1S/C25H19F3N4O4/c1-31-13-17(15-4-2-5-16(12-15)32(35)36)20(22(33)14-8-10-29-11-9-14)24(31)18-6-3-7-19(25(26,27)28)21(18)30-23(24)34/h2-12,17,20H,13H2,1H3,(H,30,34)/t17-,20?,24-/m1/s1. The molecule has 0 saturated carbocycles. The Kier molecular flexibility index (Phi) is 5.40. The second kappa shape index (κ2) is 8.23. The number of hydrogen-bond acceptors (Lipinski definition) is 6. The van der Waals surface area contributed by atoms with E-state index in [9.17, 15) is 32.9 Å². The summed E-state index contributed by atoms with van der Waals surface area (Å²) in [4.78, 5) is 44.0. The van der Waals surface area contributed by atoms with Crippen molar-refractivity contribution in [3.8, 4) is 0 Å². The molecule has 1 N–H and O–H groups in total. The predicted molar refractivity (Wildman–Crippen MR) is 122 cm³/mol. The summed E-state index contributed by atoms with van der Waals surface area (Å²) in [5.41, 5.74) is -2.62. The number of likely N-dealkylation sites (tertiary alicyclic amines) is 1. The van der Waals surface area contributed by atoms with E-state index in [4.69, 9.17) is 0 Å². The molecule has 0 aliphatic carbocycles. The van der Waals surface area contributed by atoms with Crippen LogP contribution in [-0.4, -0.2) is 40.1 Å². The Morgan fingerprint density at radius 2 is 1.86 bits per heavy atom. The van der Waals surface area contributed by atoms with Crippen molar-refractivity contribution >= 4 is 23.1 Å². The Labute approximate surface area is 202 Å². The van der Waals surface area contributed by atoms with Crippen molar-refractivity contribution in [1.82, 2.24) is 9.88 Å². The van der Waals surface area contributed by atoms with Crippen molar-refractivity contribution < 1.29 is 27.7 Å². The lowest BCUT2D eigenvalue weighted by molar-refractivity contribution is -0.384. The van der Waals surface area contributed by atoms with Crippen LogP contribution in [0.2, 0.25) is 0 Å². The van der Waals surface area contributed by atoms with Crippen molar-refractivity contribution in [2.24, 2.45) is 5.92 Å². The van der Waals surface area contributed by atoms with Crippen molar-refractivity contribution in [2.75, 3.05) is 18.9 Å². The van der Waals surface area contributed by atoms with Gasteiger partial charge in [0.05, 0.1) is 22.1 Å². The molecule has 2 aromatic carbocycles. The summed E-state index contributed by atoms with van der Waals surface area (Å²) in [5.74, 6) is -3.12. The number of pyridine rings is 1. The summed E-state index contributed by atoms with van der Waals surface area (Å²) < 4.78 is 41.5. The molecular formula is C25H19F3N4O4. The Hall–Kier alpha value is -4.12. The molecule has 3 heterocycles. The number of nitrogens with one attached hydrogen (secondary N) is 1. The van der Waals surface area contributed by atoms with Gasteiger partial charge in [-0.2, -0.15) is 13.2 Å². The van der Waals surface area contributed by atoms with Crippen molar-refractivity contribution in [3.05, 3.63) is 99.4 Å². The second-order valence-electron chi connectivity index (χ2n) is 8.86. The summed E-state index contributed by atoms with van der Waals surface area (Å²) >= 11 is 0. The van der Waals surface area contributed by atoms with Gasteiger partial charge in [-0.3, -0.25) is 29.6 Å². The third kappa shape index (κ3) is 3.38. The highest BCUT2D eigenvalue weighted by atomic mass is 19.4. The zero-order chi connectivity index (χ0) is 25.8. The normalized spacial score (nSPS) is 23.5. The number of amides is 1. The number of halogens is 3. The number of Topliss-reactive ketones (excluding diaryl/α,β-unsaturated/α-hetero) is 1. The van der Waals surface area contributed by atoms with Gasteiger partial charge in [0.2, 0.25) is 5.91 Å². The van der Waals surface area contributed by atoms with Crippen LogP contribution in [0.1, 0.15) is 33.0 Å². The van der Waals surface area contributed by atoms with Gasteiger partial charge in [-0.1, -0.05) is 24.3 Å². The van der Waals surface area contributed by atoms with Crippen molar-refractivity contribution in [1.29, 1.82) is 0 Å². The lowest BCUT2D eigenvalue weighted by Gasteiger charge is -2.35. The van der Waals surface area contributed by atoms with E-state index in [1.165, 1.54) is 54.9 Å². The molecule has 1 fully saturated rings. The number of nitro groups is 1. The van der Waals surface area contributed by atoms with Crippen LogP contribution in [0.15, 0.2) is 67.0 Å². The molecule has 1 unspecified atom stereocenters. The summed E-state index contributed by atoms with van der Waals surface area (Å²) in [6, 6.07) is 12.2. The van der Waals surface area contributed by atoms with Gasteiger partial charge in [0.15, 0.2) is 5.78 Å². The molecule has 3 atom stereocenters. The van der Waals surface area contributed by atoms with Crippen molar-refractivity contribution in [3.63, 3.8) is 0 Å². The molecule has 1 aromatic heterocycles. The highest BCUT2D eigenvalue weighted by Gasteiger charge is 2.65. The third-order valence-electron chi connectivity index (χ3n) is 7.05. The first-order valence-electron chi connectivity index (χ1n) is 11.0. The van der Waals surface area contributed by atoms with Crippen LogP contribution in [0, 0.1) is 16.0 Å². The number of anilines is 1. The summed E-state index contributed by atoms with van der Waals surface area (Å²) in [5, 5.41) is 13.8. The fourth-order valence-electron chi connectivity index (χ4n) is 5.57. The number of hydrogen-bond donors (Lipinski definition) is 1. The maximum atomic E-state index is 14.0. The average Bonchev–Trinajstić information content (AvgIpc) is 3.33. The first-order valence-corrected chi connectivity index (χ1v) is 11.0. The van der Waals surface area contributed by atoms with E-state index in [0.29, 0.717) is 5.56 Å². The molecule has 1 saturated heterocycles.